The summed E-state index contributed by atoms with van der Waals surface area (Å²) in [5, 5.41) is 2.57. The second kappa shape index (κ2) is 6.10. The van der Waals surface area contributed by atoms with Gasteiger partial charge in [0.25, 0.3) is 0 Å². The lowest BCUT2D eigenvalue weighted by Gasteiger charge is -2.00. The fourth-order valence-corrected chi connectivity index (χ4v) is 3.00. The highest BCUT2D eigenvalue weighted by atomic mass is 14.1. The Morgan fingerprint density at radius 3 is 2.48 bits per heavy atom. The number of rotatable bonds is 2. The van der Waals surface area contributed by atoms with Gasteiger partial charge < -0.3 is 0 Å². The molecule has 0 spiro atoms. The summed E-state index contributed by atoms with van der Waals surface area (Å²) in [6.45, 7) is 0. The normalized spacial score (nSPS) is 16.8. The van der Waals surface area contributed by atoms with E-state index in [0.29, 0.717) is 0 Å². The molecule has 0 radical (unpaired) electrons. The van der Waals surface area contributed by atoms with E-state index in [2.05, 4.69) is 97.1 Å². The Balaban J connectivity index is 1.64. The van der Waals surface area contributed by atoms with Crippen molar-refractivity contribution in [1.82, 2.24) is 0 Å². The Kier molecular flexibility index (Phi) is 3.65. The van der Waals surface area contributed by atoms with Gasteiger partial charge in [-0.3, -0.25) is 0 Å². The summed E-state index contributed by atoms with van der Waals surface area (Å²) in [7, 11) is 0. The third-order valence-corrected chi connectivity index (χ3v) is 4.22. The molecule has 0 heterocycles. The van der Waals surface area contributed by atoms with E-state index in [9.17, 15) is 0 Å². The van der Waals surface area contributed by atoms with E-state index in [-0.39, 0.29) is 0 Å². The lowest BCUT2D eigenvalue weighted by atomic mass is 10.1. The molecule has 0 aromatic heterocycles. The monoisotopic (exact) mass is 294 g/mol. The minimum Gasteiger partial charge on any atom is -0.0620 e. The van der Waals surface area contributed by atoms with Crippen LogP contribution in [0.3, 0.4) is 0 Å². The van der Waals surface area contributed by atoms with Gasteiger partial charge in [-0.1, -0.05) is 91.1 Å². The van der Waals surface area contributed by atoms with Gasteiger partial charge in [-0.25, -0.2) is 0 Å². The zero-order valence-electron chi connectivity index (χ0n) is 12.9. The molecular weight excluding hydrogens is 276 g/mol. The lowest BCUT2D eigenvalue weighted by Crippen LogP contribution is -1.79. The predicted octanol–water partition coefficient (Wildman–Crippen LogP) is 6.16. The fourth-order valence-electron chi connectivity index (χ4n) is 3.00. The van der Waals surface area contributed by atoms with Crippen LogP contribution in [0, 0.1) is 0 Å². The maximum atomic E-state index is 2.27. The van der Waals surface area contributed by atoms with Gasteiger partial charge in [-0.15, -0.1) is 0 Å². The van der Waals surface area contributed by atoms with Gasteiger partial charge in [-0.05, 0) is 45.5 Å². The van der Waals surface area contributed by atoms with Crippen LogP contribution in [-0.2, 0) is 0 Å². The second-order valence-electron chi connectivity index (χ2n) is 5.96. The second-order valence-corrected chi connectivity index (χ2v) is 5.96. The Bertz CT molecular complexity index is 927. The van der Waals surface area contributed by atoms with E-state index < -0.39 is 0 Å². The summed E-state index contributed by atoms with van der Waals surface area (Å²) in [5.41, 5.74) is 5.18. The van der Waals surface area contributed by atoms with Gasteiger partial charge in [0.05, 0.1) is 0 Å². The van der Waals surface area contributed by atoms with E-state index in [1.165, 1.54) is 33.1 Å². The van der Waals surface area contributed by atoms with Gasteiger partial charge in [0.2, 0.25) is 0 Å². The third kappa shape index (κ3) is 3.17. The molecular formula is C23H18. The molecule has 2 aliphatic carbocycles. The quantitative estimate of drug-likeness (QED) is 0.622. The van der Waals surface area contributed by atoms with Crippen molar-refractivity contribution in [2.24, 2.45) is 0 Å². The smallest absolute Gasteiger partial charge is 0.00256 e. The summed E-state index contributed by atoms with van der Waals surface area (Å²) < 4.78 is 0. The maximum absolute atomic E-state index is 2.27. The van der Waals surface area contributed by atoms with Gasteiger partial charge in [0.15, 0.2) is 0 Å². The zero-order valence-corrected chi connectivity index (χ0v) is 12.9. The Morgan fingerprint density at radius 2 is 1.57 bits per heavy atom. The first-order valence-corrected chi connectivity index (χ1v) is 8.00. The molecule has 110 valence electrons. The lowest BCUT2D eigenvalue weighted by molar-refractivity contribution is 1.22. The number of hydrogen-bond acceptors (Lipinski definition) is 0. The van der Waals surface area contributed by atoms with E-state index in [1.807, 2.05) is 0 Å². The van der Waals surface area contributed by atoms with Crippen LogP contribution in [0.1, 0.15) is 12.0 Å². The highest BCUT2D eigenvalue weighted by Gasteiger charge is 2.04. The molecule has 0 nitrogen and oxygen atoms in total. The van der Waals surface area contributed by atoms with Crippen LogP contribution < -0.4 is 0 Å². The van der Waals surface area contributed by atoms with Crippen molar-refractivity contribution in [3.63, 3.8) is 0 Å². The number of hydrogen-bond donors (Lipinski definition) is 0. The largest absolute Gasteiger partial charge is 0.0620 e. The maximum Gasteiger partial charge on any atom is -0.00256 e. The van der Waals surface area contributed by atoms with E-state index in [4.69, 9.17) is 0 Å². The Hall–Kier alpha value is -2.86. The summed E-state index contributed by atoms with van der Waals surface area (Å²) in [4.78, 5) is 0. The number of allylic oxidation sites excluding steroid dienone is 11. The molecule has 2 aromatic rings. The molecule has 0 fully saturated rings. The third-order valence-electron chi connectivity index (χ3n) is 4.22. The van der Waals surface area contributed by atoms with Gasteiger partial charge in [0.1, 0.15) is 0 Å². The fraction of sp³-hybridized carbons (Fsp3) is 0.0435. The van der Waals surface area contributed by atoms with Gasteiger partial charge in [-0.2, -0.15) is 0 Å². The molecule has 0 aliphatic heterocycles. The van der Waals surface area contributed by atoms with Crippen LogP contribution in [0.4, 0.5) is 0 Å². The number of benzene rings is 2. The Labute approximate surface area is 137 Å². The van der Waals surface area contributed by atoms with E-state index >= 15 is 0 Å². The topological polar surface area (TPSA) is 0 Å². The summed E-state index contributed by atoms with van der Waals surface area (Å²) in [5.74, 6) is 0. The molecule has 4 rings (SSSR count). The average molecular weight is 294 g/mol. The summed E-state index contributed by atoms with van der Waals surface area (Å²) in [6, 6.07) is 15.1. The average Bonchev–Trinajstić information content (AvgIpc) is 2.94. The van der Waals surface area contributed by atoms with Crippen LogP contribution in [0.2, 0.25) is 0 Å². The minimum atomic E-state index is 1.01. The highest BCUT2D eigenvalue weighted by Crippen LogP contribution is 2.24. The zero-order chi connectivity index (χ0) is 15.5. The van der Waals surface area contributed by atoms with Crippen molar-refractivity contribution in [3.05, 3.63) is 113 Å². The molecule has 0 unspecified atom stereocenters. The van der Waals surface area contributed by atoms with Gasteiger partial charge in [0, 0.05) is 0 Å². The first-order chi connectivity index (χ1) is 11.4. The van der Waals surface area contributed by atoms with Crippen LogP contribution >= 0.6 is 0 Å². The molecule has 2 aliphatic rings. The van der Waals surface area contributed by atoms with E-state index in [1.54, 1.807) is 0 Å². The molecule has 0 amide bonds. The standard InChI is InChI=1S/C23H18/c1-2-6-21-15-18(5-1)9-10-19(16-21)11-12-20-13-14-22-7-3-4-8-23(22)17-20/h1-14,16-17H,15H2. The molecule has 2 aromatic carbocycles. The van der Waals surface area contributed by atoms with Crippen LogP contribution in [0.25, 0.3) is 16.8 Å². The predicted molar refractivity (Wildman–Crippen MR) is 100 cm³/mol. The Morgan fingerprint density at radius 1 is 0.739 bits per heavy atom. The van der Waals surface area contributed by atoms with Crippen LogP contribution in [-0.4, -0.2) is 0 Å². The number of fused-ring (bicyclic) bond motifs is 3. The van der Waals surface area contributed by atoms with E-state index in [0.717, 1.165) is 6.42 Å². The highest BCUT2D eigenvalue weighted by molar-refractivity contribution is 5.84. The van der Waals surface area contributed by atoms with Crippen molar-refractivity contribution >= 4 is 16.8 Å². The van der Waals surface area contributed by atoms with Gasteiger partial charge >= 0.3 is 0 Å². The summed E-state index contributed by atoms with van der Waals surface area (Å²) >= 11 is 0. The van der Waals surface area contributed by atoms with Crippen molar-refractivity contribution in [2.75, 3.05) is 0 Å². The molecule has 23 heavy (non-hydrogen) atoms. The molecule has 0 saturated heterocycles. The molecule has 0 heteroatoms. The first-order valence-electron chi connectivity index (χ1n) is 8.00. The van der Waals surface area contributed by atoms with Crippen molar-refractivity contribution < 1.29 is 0 Å². The van der Waals surface area contributed by atoms with Crippen LogP contribution in [0.15, 0.2) is 108 Å². The van der Waals surface area contributed by atoms with Crippen LogP contribution in [0.5, 0.6) is 0 Å². The molecule has 2 bridgehead atoms. The molecule has 0 N–H and O–H groups in total. The first kappa shape index (κ1) is 13.8. The SMILES string of the molecule is C1=CC=C2C=C(C=Cc3ccc4ccccc4c3)C=CC(=C1)C2. The molecule has 0 atom stereocenters. The van der Waals surface area contributed by atoms with Crippen molar-refractivity contribution in [3.8, 4) is 0 Å². The summed E-state index contributed by atoms with van der Waals surface area (Å²) in [6.07, 6.45) is 20.7. The molecule has 0 saturated carbocycles. The van der Waals surface area contributed by atoms with Crippen molar-refractivity contribution in [1.29, 1.82) is 0 Å². The minimum absolute atomic E-state index is 1.01. The van der Waals surface area contributed by atoms with Crippen molar-refractivity contribution in [2.45, 2.75) is 6.42 Å².